The zero-order valence-corrected chi connectivity index (χ0v) is 17.3. The highest BCUT2D eigenvalue weighted by Gasteiger charge is 2.63. The lowest BCUT2D eigenvalue weighted by atomic mass is 9.59. The lowest BCUT2D eigenvalue weighted by Gasteiger charge is -2.39. The van der Waals surface area contributed by atoms with Gasteiger partial charge in [-0.05, 0) is 31.0 Å². The van der Waals surface area contributed by atoms with Gasteiger partial charge in [0.1, 0.15) is 0 Å². The van der Waals surface area contributed by atoms with E-state index in [2.05, 4.69) is 0 Å². The molecule has 0 atom stereocenters. The third-order valence-electron chi connectivity index (χ3n) is 5.81. The van der Waals surface area contributed by atoms with Gasteiger partial charge < -0.3 is 9.47 Å². The van der Waals surface area contributed by atoms with Gasteiger partial charge in [-0.1, -0.05) is 35.9 Å². The molecule has 31 heavy (non-hydrogen) atoms. The minimum absolute atomic E-state index is 0.00100. The molecule has 0 saturated heterocycles. The standard InChI is InChI=1S/C24H18O7/c1-11-9-12(2)17-15(10-11)20(26)16-18(24(17,22(28)30-3)23(29)31-4)21(27)14-8-6-5-7-13(14)19(16)25/h5-10H,1-4H3. The molecule has 2 aromatic rings. The zero-order chi connectivity index (χ0) is 22.7. The van der Waals surface area contributed by atoms with Crippen molar-refractivity contribution in [2.45, 2.75) is 19.3 Å². The molecular formula is C24H18O7. The van der Waals surface area contributed by atoms with Gasteiger partial charge in [-0.15, -0.1) is 0 Å². The first-order valence-electron chi connectivity index (χ1n) is 9.48. The molecule has 0 bridgehead atoms. The van der Waals surface area contributed by atoms with Crippen LogP contribution in [0.2, 0.25) is 0 Å². The average Bonchev–Trinajstić information content (AvgIpc) is 2.76. The van der Waals surface area contributed by atoms with E-state index in [4.69, 9.17) is 9.47 Å². The molecule has 2 aliphatic carbocycles. The summed E-state index contributed by atoms with van der Waals surface area (Å²) >= 11 is 0. The molecule has 0 radical (unpaired) electrons. The number of benzene rings is 2. The molecule has 156 valence electrons. The van der Waals surface area contributed by atoms with Gasteiger partial charge in [0, 0.05) is 22.3 Å². The number of carbonyl (C=O) groups is 5. The number of esters is 2. The minimum atomic E-state index is -2.40. The molecular weight excluding hydrogens is 400 g/mol. The van der Waals surface area contributed by atoms with Gasteiger partial charge in [0.15, 0.2) is 17.3 Å². The highest BCUT2D eigenvalue weighted by molar-refractivity contribution is 6.44. The molecule has 0 heterocycles. The Kier molecular flexibility index (Phi) is 4.50. The van der Waals surface area contributed by atoms with Crippen molar-refractivity contribution >= 4 is 29.3 Å². The highest BCUT2D eigenvalue weighted by Crippen LogP contribution is 2.49. The summed E-state index contributed by atoms with van der Waals surface area (Å²) in [5, 5.41) is 0. The van der Waals surface area contributed by atoms with Crippen molar-refractivity contribution in [3.05, 3.63) is 80.9 Å². The second-order valence-electron chi connectivity index (χ2n) is 7.52. The molecule has 7 heteroatoms. The van der Waals surface area contributed by atoms with Crippen LogP contribution < -0.4 is 0 Å². The fourth-order valence-electron chi connectivity index (χ4n) is 4.65. The normalized spacial score (nSPS) is 16.3. The highest BCUT2D eigenvalue weighted by atomic mass is 16.5. The second-order valence-corrected chi connectivity index (χ2v) is 7.52. The van der Waals surface area contributed by atoms with E-state index in [1.54, 1.807) is 32.0 Å². The average molecular weight is 418 g/mol. The summed E-state index contributed by atoms with van der Waals surface area (Å²) in [6, 6.07) is 9.15. The van der Waals surface area contributed by atoms with Crippen LogP contribution in [0.3, 0.4) is 0 Å². The third kappa shape index (κ3) is 2.43. The van der Waals surface area contributed by atoms with E-state index in [1.807, 2.05) is 0 Å². The van der Waals surface area contributed by atoms with E-state index in [9.17, 15) is 24.0 Å². The third-order valence-corrected chi connectivity index (χ3v) is 5.81. The van der Waals surface area contributed by atoms with E-state index in [1.165, 1.54) is 18.2 Å². The molecule has 0 amide bonds. The largest absolute Gasteiger partial charge is 0.468 e. The number of methoxy groups -OCH3 is 2. The lowest BCUT2D eigenvalue weighted by Crippen LogP contribution is -2.54. The minimum Gasteiger partial charge on any atom is -0.468 e. The first-order valence-corrected chi connectivity index (χ1v) is 9.48. The van der Waals surface area contributed by atoms with Crippen LogP contribution in [-0.4, -0.2) is 43.5 Å². The molecule has 0 spiro atoms. The monoisotopic (exact) mass is 418 g/mol. The lowest BCUT2D eigenvalue weighted by molar-refractivity contribution is -0.159. The van der Waals surface area contributed by atoms with Gasteiger partial charge in [-0.25, -0.2) is 0 Å². The fraction of sp³-hybridized carbons (Fsp3) is 0.208. The van der Waals surface area contributed by atoms with Crippen molar-refractivity contribution in [3.8, 4) is 0 Å². The van der Waals surface area contributed by atoms with Gasteiger partial charge in [0.05, 0.1) is 19.8 Å². The summed E-state index contributed by atoms with van der Waals surface area (Å²) in [6.07, 6.45) is 0. The predicted molar refractivity (Wildman–Crippen MR) is 108 cm³/mol. The number of allylic oxidation sites excluding steroid dienone is 1. The van der Waals surface area contributed by atoms with Crippen LogP contribution in [0.4, 0.5) is 0 Å². The van der Waals surface area contributed by atoms with E-state index in [0.29, 0.717) is 11.1 Å². The first kappa shape index (κ1) is 20.4. The maximum absolute atomic E-state index is 13.6. The van der Waals surface area contributed by atoms with E-state index < -0.39 is 45.8 Å². The summed E-state index contributed by atoms with van der Waals surface area (Å²) in [7, 11) is 2.13. The Balaban J connectivity index is 2.25. The number of ketones is 3. The van der Waals surface area contributed by atoms with Gasteiger partial charge in [-0.2, -0.15) is 0 Å². The molecule has 0 unspecified atom stereocenters. The van der Waals surface area contributed by atoms with Gasteiger partial charge >= 0.3 is 11.9 Å². The molecule has 0 aliphatic heterocycles. The van der Waals surface area contributed by atoms with Crippen LogP contribution in [0.5, 0.6) is 0 Å². The maximum atomic E-state index is 13.6. The summed E-state index contributed by atoms with van der Waals surface area (Å²) < 4.78 is 9.93. The summed E-state index contributed by atoms with van der Waals surface area (Å²) in [6.45, 7) is 3.36. The van der Waals surface area contributed by atoms with Crippen molar-refractivity contribution in [3.63, 3.8) is 0 Å². The summed E-state index contributed by atoms with van der Waals surface area (Å²) in [5.74, 6) is -4.41. The van der Waals surface area contributed by atoms with E-state index >= 15 is 0 Å². The Labute approximate surface area is 177 Å². The van der Waals surface area contributed by atoms with Crippen molar-refractivity contribution in [2.24, 2.45) is 0 Å². The van der Waals surface area contributed by atoms with Crippen LogP contribution >= 0.6 is 0 Å². The van der Waals surface area contributed by atoms with Gasteiger partial charge in [0.25, 0.3) is 0 Å². The molecule has 4 rings (SSSR count). The number of fused-ring (bicyclic) bond motifs is 2. The van der Waals surface area contributed by atoms with E-state index in [0.717, 1.165) is 14.2 Å². The number of hydrogen-bond donors (Lipinski definition) is 0. The molecule has 0 saturated carbocycles. The molecule has 7 nitrogen and oxygen atoms in total. The Morgan fingerprint density at radius 3 is 1.84 bits per heavy atom. The van der Waals surface area contributed by atoms with Crippen molar-refractivity contribution in [1.82, 2.24) is 0 Å². The number of Topliss-reactive ketones (excluding diaryl/α,β-unsaturated/α-hetero) is 3. The Hall–Kier alpha value is -3.87. The Bertz CT molecular complexity index is 1250. The van der Waals surface area contributed by atoms with E-state index in [-0.39, 0.29) is 22.3 Å². The topological polar surface area (TPSA) is 104 Å². The van der Waals surface area contributed by atoms with Crippen LogP contribution in [-0.2, 0) is 24.5 Å². The van der Waals surface area contributed by atoms with Crippen molar-refractivity contribution < 1.29 is 33.4 Å². The number of carbonyl (C=O) groups excluding carboxylic acids is 5. The zero-order valence-electron chi connectivity index (χ0n) is 17.3. The maximum Gasteiger partial charge on any atom is 0.332 e. The second kappa shape index (κ2) is 6.84. The van der Waals surface area contributed by atoms with Crippen LogP contribution in [0, 0.1) is 13.8 Å². The predicted octanol–water partition coefficient (Wildman–Crippen LogP) is 2.46. The quantitative estimate of drug-likeness (QED) is 0.419. The van der Waals surface area contributed by atoms with Crippen LogP contribution in [0.15, 0.2) is 47.5 Å². The van der Waals surface area contributed by atoms with Crippen molar-refractivity contribution in [2.75, 3.05) is 14.2 Å². The molecule has 0 N–H and O–H groups in total. The fourth-order valence-corrected chi connectivity index (χ4v) is 4.65. The smallest absolute Gasteiger partial charge is 0.332 e. The first-order chi connectivity index (χ1) is 14.7. The molecule has 2 aromatic carbocycles. The molecule has 0 aromatic heterocycles. The van der Waals surface area contributed by atoms with Gasteiger partial charge in [-0.3, -0.25) is 24.0 Å². The number of hydrogen-bond acceptors (Lipinski definition) is 7. The van der Waals surface area contributed by atoms with Crippen molar-refractivity contribution in [1.29, 1.82) is 0 Å². The van der Waals surface area contributed by atoms with Crippen LogP contribution in [0.1, 0.15) is 47.8 Å². The Morgan fingerprint density at radius 1 is 0.774 bits per heavy atom. The Morgan fingerprint density at radius 2 is 1.29 bits per heavy atom. The summed E-state index contributed by atoms with van der Waals surface area (Å²) in [5.41, 5.74) is -2.28. The number of rotatable bonds is 2. The number of ether oxygens (including phenoxy) is 2. The molecule has 2 aliphatic rings. The SMILES string of the molecule is COC(=O)C1(C(=O)OC)C2=C(C(=O)c3ccccc3C2=O)C(=O)c2cc(C)cc(C)c21. The molecule has 0 fully saturated rings. The van der Waals surface area contributed by atoms with Gasteiger partial charge in [0.2, 0.25) is 5.41 Å². The van der Waals surface area contributed by atoms with Crippen LogP contribution in [0.25, 0.3) is 0 Å². The number of aryl methyl sites for hydroxylation is 2. The summed E-state index contributed by atoms with van der Waals surface area (Å²) in [4.78, 5) is 67.0.